The molecule has 28 heavy (non-hydrogen) atoms. The van der Waals surface area contributed by atoms with Gasteiger partial charge < -0.3 is 10.1 Å². The summed E-state index contributed by atoms with van der Waals surface area (Å²) in [6, 6.07) is 5.92. The second-order valence-corrected chi connectivity index (χ2v) is 9.78. The molecule has 0 saturated heterocycles. The molecule has 0 bridgehead atoms. The Hall–Kier alpha value is -2.43. The van der Waals surface area contributed by atoms with Crippen molar-refractivity contribution in [3.63, 3.8) is 0 Å². The number of carbonyl (C=O) groups is 2. The minimum Gasteiger partial charge on any atom is -0.482 e. The molecule has 2 heterocycles. The van der Waals surface area contributed by atoms with E-state index >= 15 is 0 Å². The third-order valence-electron chi connectivity index (χ3n) is 4.75. The lowest BCUT2D eigenvalue weighted by Crippen LogP contribution is -2.41. The van der Waals surface area contributed by atoms with E-state index in [0.717, 1.165) is 19.3 Å². The van der Waals surface area contributed by atoms with Crippen LogP contribution in [0.25, 0.3) is 0 Å². The highest BCUT2D eigenvalue weighted by Gasteiger charge is 2.23. The van der Waals surface area contributed by atoms with Crippen LogP contribution in [-0.2, 0) is 27.7 Å². The molecule has 0 saturated carbocycles. The first kappa shape index (κ1) is 18.9. The number of carbonyl (C=O) groups excluding carboxylic acids is 2. The Balaban J connectivity index is 1.46. The standard InChI is InChI=1S/C18H19N3O5S2/c1-10-2-5-15-11(6-10)7-16(27-15)18(23)20-21-28(24,25)12-3-4-14-13(8-12)19-17(22)9-26-14/h3-4,7-8,10,21H,2,5-6,9H2,1H3,(H,19,22)(H,20,23)/t10-/m0/s1. The summed E-state index contributed by atoms with van der Waals surface area (Å²) in [5, 5.41) is 2.55. The highest BCUT2D eigenvalue weighted by Crippen LogP contribution is 2.32. The zero-order chi connectivity index (χ0) is 19.9. The molecular formula is C18H19N3O5S2. The highest BCUT2D eigenvalue weighted by atomic mass is 32.2. The average Bonchev–Trinajstić information content (AvgIpc) is 3.08. The number of rotatable bonds is 4. The molecule has 148 valence electrons. The van der Waals surface area contributed by atoms with Crippen molar-refractivity contribution in [1.82, 2.24) is 10.3 Å². The number of sulfonamides is 1. The van der Waals surface area contributed by atoms with E-state index in [2.05, 4.69) is 22.5 Å². The van der Waals surface area contributed by atoms with Crippen molar-refractivity contribution < 1.29 is 22.7 Å². The summed E-state index contributed by atoms with van der Waals surface area (Å²) < 4.78 is 30.2. The maximum Gasteiger partial charge on any atom is 0.276 e. The number of hydrogen-bond acceptors (Lipinski definition) is 6. The topological polar surface area (TPSA) is 114 Å². The first-order chi connectivity index (χ1) is 13.3. The van der Waals surface area contributed by atoms with Gasteiger partial charge in [0, 0.05) is 4.88 Å². The van der Waals surface area contributed by atoms with E-state index in [-0.39, 0.29) is 23.1 Å². The summed E-state index contributed by atoms with van der Waals surface area (Å²) in [6.45, 7) is 2.07. The molecule has 1 aliphatic carbocycles. The molecule has 0 spiro atoms. The summed E-state index contributed by atoms with van der Waals surface area (Å²) in [6.07, 6.45) is 2.98. The number of hydrazine groups is 1. The van der Waals surface area contributed by atoms with Crippen LogP contribution < -0.4 is 20.3 Å². The molecule has 0 unspecified atom stereocenters. The van der Waals surface area contributed by atoms with Gasteiger partial charge in [-0.1, -0.05) is 6.92 Å². The summed E-state index contributed by atoms with van der Waals surface area (Å²) in [7, 11) is -4.01. The second-order valence-electron chi connectivity index (χ2n) is 6.96. The molecule has 1 aromatic heterocycles. The van der Waals surface area contributed by atoms with Gasteiger partial charge in [0.2, 0.25) is 0 Å². The lowest BCUT2D eigenvalue weighted by atomic mass is 9.90. The molecule has 2 amide bonds. The number of fused-ring (bicyclic) bond motifs is 2. The van der Waals surface area contributed by atoms with Gasteiger partial charge in [-0.15, -0.1) is 16.2 Å². The average molecular weight is 422 g/mol. The Morgan fingerprint density at radius 3 is 2.96 bits per heavy atom. The van der Waals surface area contributed by atoms with Crippen molar-refractivity contribution in [2.45, 2.75) is 31.1 Å². The lowest BCUT2D eigenvalue weighted by molar-refractivity contribution is -0.118. The molecule has 2 aromatic rings. The van der Waals surface area contributed by atoms with Crippen molar-refractivity contribution in [1.29, 1.82) is 0 Å². The van der Waals surface area contributed by atoms with Crippen LogP contribution >= 0.6 is 11.3 Å². The second kappa shape index (κ2) is 7.19. The van der Waals surface area contributed by atoms with Gasteiger partial charge in [-0.25, -0.2) is 8.42 Å². The van der Waals surface area contributed by atoms with Crippen LogP contribution in [0.15, 0.2) is 29.2 Å². The number of ether oxygens (including phenoxy) is 1. The number of anilines is 1. The molecule has 4 rings (SSSR count). The molecule has 10 heteroatoms. The minimum atomic E-state index is -4.01. The number of aryl methyl sites for hydroxylation is 1. The molecule has 0 fully saturated rings. The van der Waals surface area contributed by atoms with E-state index in [0.29, 0.717) is 16.5 Å². The van der Waals surface area contributed by atoms with Crippen molar-refractivity contribution in [2.75, 3.05) is 11.9 Å². The summed E-state index contributed by atoms with van der Waals surface area (Å²) in [5.41, 5.74) is 3.70. The van der Waals surface area contributed by atoms with Gasteiger partial charge >= 0.3 is 0 Å². The zero-order valence-corrected chi connectivity index (χ0v) is 16.7. The molecule has 1 atom stereocenters. The smallest absolute Gasteiger partial charge is 0.276 e. The van der Waals surface area contributed by atoms with Crippen LogP contribution in [0.4, 0.5) is 5.69 Å². The monoisotopic (exact) mass is 421 g/mol. The van der Waals surface area contributed by atoms with E-state index in [1.807, 2.05) is 6.07 Å². The number of amides is 2. The van der Waals surface area contributed by atoms with Gasteiger partial charge in [0.15, 0.2) is 6.61 Å². The Labute approximate surface area is 166 Å². The van der Waals surface area contributed by atoms with Crippen molar-refractivity contribution in [3.05, 3.63) is 39.6 Å². The van der Waals surface area contributed by atoms with E-state index < -0.39 is 15.9 Å². The van der Waals surface area contributed by atoms with Crippen LogP contribution in [0, 0.1) is 5.92 Å². The number of thiophene rings is 1. The Kier molecular flexibility index (Phi) is 4.86. The molecule has 3 N–H and O–H groups in total. The number of hydrogen-bond donors (Lipinski definition) is 3. The SMILES string of the molecule is C[C@H]1CCc2sc(C(=O)NNS(=O)(=O)c3ccc4c(c3)NC(=O)CO4)cc2C1. The normalized spacial score (nSPS) is 18.5. The molecule has 0 radical (unpaired) electrons. The Bertz CT molecular complexity index is 1060. The summed E-state index contributed by atoms with van der Waals surface area (Å²) in [4.78, 5) is 27.5. The van der Waals surface area contributed by atoms with Crippen LogP contribution in [0.3, 0.4) is 0 Å². The molecule has 1 aromatic carbocycles. The van der Waals surface area contributed by atoms with Crippen LogP contribution in [0.2, 0.25) is 0 Å². The summed E-state index contributed by atoms with van der Waals surface area (Å²) in [5.74, 6) is 0.121. The maximum atomic E-state index is 12.5. The molecule has 2 aliphatic rings. The fourth-order valence-corrected chi connectivity index (χ4v) is 5.25. The van der Waals surface area contributed by atoms with Gasteiger partial charge in [-0.2, -0.15) is 0 Å². The Morgan fingerprint density at radius 1 is 1.32 bits per heavy atom. The maximum absolute atomic E-state index is 12.5. The molecule has 1 aliphatic heterocycles. The lowest BCUT2D eigenvalue weighted by Gasteiger charge is -2.18. The fraction of sp³-hybridized carbons (Fsp3) is 0.333. The fourth-order valence-electron chi connectivity index (χ4n) is 3.28. The van der Waals surface area contributed by atoms with Gasteiger partial charge in [-0.3, -0.25) is 15.0 Å². The van der Waals surface area contributed by atoms with Crippen LogP contribution in [0.1, 0.15) is 33.5 Å². The molecular weight excluding hydrogens is 402 g/mol. The van der Waals surface area contributed by atoms with E-state index in [9.17, 15) is 18.0 Å². The first-order valence-corrected chi connectivity index (χ1v) is 11.1. The number of nitrogens with one attached hydrogen (secondary N) is 3. The van der Waals surface area contributed by atoms with Crippen LogP contribution in [0.5, 0.6) is 5.75 Å². The third-order valence-corrected chi connectivity index (χ3v) is 7.23. The number of benzene rings is 1. The van der Waals surface area contributed by atoms with E-state index in [1.165, 1.54) is 40.0 Å². The van der Waals surface area contributed by atoms with E-state index in [4.69, 9.17) is 4.74 Å². The van der Waals surface area contributed by atoms with Crippen molar-refractivity contribution in [2.24, 2.45) is 5.92 Å². The predicted molar refractivity (Wildman–Crippen MR) is 104 cm³/mol. The summed E-state index contributed by atoms with van der Waals surface area (Å²) >= 11 is 1.40. The predicted octanol–water partition coefficient (Wildman–Crippen LogP) is 1.83. The van der Waals surface area contributed by atoms with Gasteiger partial charge in [0.05, 0.1) is 15.5 Å². The third kappa shape index (κ3) is 3.75. The van der Waals surface area contributed by atoms with Crippen LogP contribution in [-0.4, -0.2) is 26.8 Å². The minimum absolute atomic E-state index is 0.100. The largest absolute Gasteiger partial charge is 0.482 e. The van der Waals surface area contributed by atoms with Gasteiger partial charge in [0.25, 0.3) is 21.8 Å². The molecule has 8 nitrogen and oxygen atoms in total. The highest BCUT2D eigenvalue weighted by molar-refractivity contribution is 7.89. The zero-order valence-electron chi connectivity index (χ0n) is 15.1. The van der Waals surface area contributed by atoms with E-state index in [1.54, 1.807) is 0 Å². The quantitative estimate of drug-likeness (QED) is 0.652. The van der Waals surface area contributed by atoms with Gasteiger partial charge in [0.1, 0.15) is 5.75 Å². The first-order valence-electron chi connectivity index (χ1n) is 8.82. The van der Waals surface area contributed by atoms with Crippen molar-refractivity contribution >= 4 is 38.9 Å². The Morgan fingerprint density at radius 2 is 2.14 bits per heavy atom. The van der Waals surface area contributed by atoms with Gasteiger partial charge in [-0.05, 0) is 55.0 Å². The van der Waals surface area contributed by atoms with Crippen molar-refractivity contribution in [3.8, 4) is 5.75 Å².